The van der Waals surface area contributed by atoms with E-state index in [1.54, 1.807) is 25.5 Å². The molecule has 1 aromatic heterocycles. The van der Waals surface area contributed by atoms with E-state index in [-0.39, 0.29) is 5.91 Å². The van der Waals surface area contributed by atoms with E-state index < -0.39 is 0 Å². The molecule has 4 rings (SSSR count). The van der Waals surface area contributed by atoms with Crippen LogP contribution in [0, 0.1) is 13.8 Å². The number of amides is 1. The van der Waals surface area contributed by atoms with Crippen molar-refractivity contribution in [3.05, 3.63) is 82.9 Å². The van der Waals surface area contributed by atoms with Crippen LogP contribution in [0.5, 0.6) is 5.75 Å². The normalized spacial score (nSPS) is 11.2. The van der Waals surface area contributed by atoms with Gasteiger partial charge in [0.25, 0.3) is 5.91 Å². The first kappa shape index (κ1) is 19.4. The van der Waals surface area contributed by atoms with Crippen molar-refractivity contribution in [1.29, 1.82) is 0 Å². The molecule has 0 radical (unpaired) electrons. The Morgan fingerprint density at radius 2 is 1.73 bits per heavy atom. The number of methoxy groups -OCH3 is 1. The molecular formula is C24H22N4O2. The van der Waals surface area contributed by atoms with Crippen molar-refractivity contribution >= 4 is 23.2 Å². The summed E-state index contributed by atoms with van der Waals surface area (Å²) in [6, 6.07) is 18.8. The van der Waals surface area contributed by atoms with E-state index >= 15 is 0 Å². The van der Waals surface area contributed by atoms with Gasteiger partial charge < -0.3 is 9.72 Å². The minimum Gasteiger partial charge on any atom is -0.497 e. The molecule has 150 valence electrons. The predicted octanol–water partition coefficient (Wildman–Crippen LogP) is 4.62. The van der Waals surface area contributed by atoms with Gasteiger partial charge in [-0.3, -0.25) is 4.79 Å². The maximum absolute atomic E-state index is 12.3. The van der Waals surface area contributed by atoms with Crippen LogP contribution in [0.2, 0.25) is 0 Å². The molecule has 3 aromatic carbocycles. The lowest BCUT2D eigenvalue weighted by molar-refractivity contribution is 0.0955. The van der Waals surface area contributed by atoms with E-state index in [1.807, 2.05) is 36.4 Å². The van der Waals surface area contributed by atoms with Crippen LogP contribution in [0.4, 0.5) is 0 Å². The number of fused-ring (bicyclic) bond motifs is 1. The molecule has 4 aromatic rings. The Hall–Kier alpha value is -3.93. The van der Waals surface area contributed by atoms with Crippen LogP contribution in [0.3, 0.4) is 0 Å². The summed E-state index contributed by atoms with van der Waals surface area (Å²) in [5, 5.41) is 4.02. The van der Waals surface area contributed by atoms with E-state index in [2.05, 4.69) is 46.5 Å². The van der Waals surface area contributed by atoms with E-state index in [0.717, 1.165) is 33.7 Å². The highest BCUT2D eigenvalue weighted by Crippen LogP contribution is 2.23. The molecule has 0 bridgehead atoms. The molecule has 1 heterocycles. The summed E-state index contributed by atoms with van der Waals surface area (Å²) in [6.07, 6.45) is 1.59. The lowest BCUT2D eigenvalue weighted by Crippen LogP contribution is -2.17. The summed E-state index contributed by atoms with van der Waals surface area (Å²) < 4.78 is 5.12. The number of aromatic nitrogens is 2. The summed E-state index contributed by atoms with van der Waals surface area (Å²) in [6.45, 7) is 4.16. The van der Waals surface area contributed by atoms with Crippen molar-refractivity contribution in [3.63, 3.8) is 0 Å². The zero-order valence-electron chi connectivity index (χ0n) is 17.1. The highest BCUT2D eigenvalue weighted by atomic mass is 16.5. The Labute approximate surface area is 174 Å². The fourth-order valence-electron chi connectivity index (χ4n) is 3.11. The fraction of sp³-hybridized carbons (Fsp3) is 0.125. The molecule has 0 fully saturated rings. The third-order valence-electron chi connectivity index (χ3n) is 5.01. The molecule has 2 N–H and O–H groups in total. The van der Waals surface area contributed by atoms with Crippen molar-refractivity contribution < 1.29 is 9.53 Å². The van der Waals surface area contributed by atoms with Crippen LogP contribution in [-0.4, -0.2) is 29.2 Å². The van der Waals surface area contributed by atoms with Gasteiger partial charge >= 0.3 is 0 Å². The molecule has 0 unspecified atom stereocenters. The maximum Gasteiger partial charge on any atom is 0.271 e. The third kappa shape index (κ3) is 4.07. The van der Waals surface area contributed by atoms with Crippen molar-refractivity contribution in [2.24, 2.45) is 5.10 Å². The molecule has 0 spiro atoms. The molecule has 0 aliphatic rings. The zero-order chi connectivity index (χ0) is 21.1. The van der Waals surface area contributed by atoms with Crippen LogP contribution in [-0.2, 0) is 0 Å². The van der Waals surface area contributed by atoms with Crippen molar-refractivity contribution in [1.82, 2.24) is 15.4 Å². The van der Waals surface area contributed by atoms with Gasteiger partial charge in [0.2, 0.25) is 0 Å². The zero-order valence-corrected chi connectivity index (χ0v) is 17.1. The van der Waals surface area contributed by atoms with Crippen molar-refractivity contribution in [3.8, 4) is 17.1 Å². The van der Waals surface area contributed by atoms with Gasteiger partial charge in [0.1, 0.15) is 11.6 Å². The number of hydrogen-bond donors (Lipinski definition) is 2. The Kier molecular flexibility index (Phi) is 5.30. The van der Waals surface area contributed by atoms with Crippen molar-refractivity contribution in [2.75, 3.05) is 7.11 Å². The smallest absolute Gasteiger partial charge is 0.271 e. The predicted molar refractivity (Wildman–Crippen MR) is 119 cm³/mol. The molecule has 0 atom stereocenters. The van der Waals surface area contributed by atoms with Gasteiger partial charge in [-0.1, -0.05) is 12.1 Å². The van der Waals surface area contributed by atoms with E-state index in [4.69, 9.17) is 4.74 Å². The molecule has 0 saturated carbocycles. The van der Waals surface area contributed by atoms with Crippen LogP contribution in [0.1, 0.15) is 27.0 Å². The quantitative estimate of drug-likeness (QED) is 0.380. The maximum atomic E-state index is 12.3. The molecule has 6 heteroatoms. The molecule has 0 aliphatic carbocycles. The number of carbonyl (C=O) groups excluding carboxylic acids is 1. The topological polar surface area (TPSA) is 79.4 Å². The average molecular weight is 398 g/mol. The van der Waals surface area contributed by atoms with E-state index in [9.17, 15) is 4.79 Å². The SMILES string of the molecule is COc1ccc(/C=N/NC(=O)c2ccc(-c3nc4cc(C)c(C)cc4[nH]3)cc2)cc1. The van der Waals surface area contributed by atoms with Crippen LogP contribution >= 0.6 is 0 Å². The Bertz CT molecular complexity index is 1180. The number of hydrazone groups is 1. The van der Waals surface area contributed by atoms with E-state index in [0.29, 0.717) is 5.56 Å². The second-order valence-electron chi connectivity index (χ2n) is 7.09. The van der Waals surface area contributed by atoms with Gasteiger partial charge in [-0.05, 0) is 79.1 Å². The third-order valence-corrected chi connectivity index (χ3v) is 5.01. The van der Waals surface area contributed by atoms with Crippen LogP contribution < -0.4 is 10.2 Å². The first-order valence-corrected chi connectivity index (χ1v) is 9.58. The largest absolute Gasteiger partial charge is 0.497 e. The number of aromatic amines is 1. The minimum atomic E-state index is -0.276. The minimum absolute atomic E-state index is 0.276. The number of aryl methyl sites for hydroxylation is 2. The molecule has 30 heavy (non-hydrogen) atoms. The number of rotatable bonds is 5. The number of nitrogens with zero attached hydrogens (tertiary/aromatic N) is 2. The van der Waals surface area contributed by atoms with Gasteiger partial charge in [-0.2, -0.15) is 5.10 Å². The molecule has 0 saturated heterocycles. The molecule has 0 aliphatic heterocycles. The van der Waals surface area contributed by atoms with Gasteiger partial charge in [0.05, 0.1) is 24.4 Å². The number of ether oxygens (including phenoxy) is 1. The number of hydrogen-bond acceptors (Lipinski definition) is 4. The lowest BCUT2D eigenvalue weighted by Gasteiger charge is -2.02. The molecular weight excluding hydrogens is 376 g/mol. The Morgan fingerprint density at radius 1 is 1.03 bits per heavy atom. The van der Waals surface area contributed by atoms with Crippen LogP contribution in [0.15, 0.2) is 65.8 Å². The monoisotopic (exact) mass is 398 g/mol. The number of carbonyl (C=O) groups is 1. The number of benzene rings is 3. The van der Waals surface area contributed by atoms with Gasteiger partial charge in [0, 0.05) is 11.1 Å². The summed E-state index contributed by atoms with van der Waals surface area (Å²) >= 11 is 0. The van der Waals surface area contributed by atoms with Gasteiger partial charge in [-0.15, -0.1) is 0 Å². The molecule has 6 nitrogen and oxygen atoms in total. The fourth-order valence-corrected chi connectivity index (χ4v) is 3.11. The first-order chi connectivity index (χ1) is 14.5. The van der Waals surface area contributed by atoms with E-state index in [1.165, 1.54) is 11.1 Å². The Balaban J connectivity index is 1.44. The number of H-pyrrole nitrogens is 1. The number of imidazole rings is 1. The summed E-state index contributed by atoms with van der Waals surface area (Å²) in [5.74, 6) is 1.27. The summed E-state index contributed by atoms with van der Waals surface area (Å²) in [5.41, 5.74) is 9.21. The lowest BCUT2D eigenvalue weighted by atomic mass is 10.1. The average Bonchev–Trinajstić information content (AvgIpc) is 3.17. The highest BCUT2D eigenvalue weighted by Gasteiger charge is 2.09. The van der Waals surface area contributed by atoms with Gasteiger partial charge in [-0.25, -0.2) is 10.4 Å². The van der Waals surface area contributed by atoms with Gasteiger partial charge in [0.15, 0.2) is 0 Å². The second kappa shape index (κ2) is 8.21. The van der Waals surface area contributed by atoms with Crippen LogP contribution in [0.25, 0.3) is 22.4 Å². The number of nitrogens with one attached hydrogen (secondary N) is 2. The second-order valence-corrected chi connectivity index (χ2v) is 7.09. The molecule has 1 amide bonds. The summed E-state index contributed by atoms with van der Waals surface area (Å²) in [4.78, 5) is 20.3. The first-order valence-electron chi connectivity index (χ1n) is 9.58. The Morgan fingerprint density at radius 3 is 2.43 bits per heavy atom. The van der Waals surface area contributed by atoms with Crippen molar-refractivity contribution in [2.45, 2.75) is 13.8 Å². The summed E-state index contributed by atoms with van der Waals surface area (Å²) in [7, 11) is 1.62. The standard InChI is InChI=1S/C24H22N4O2/c1-15-12-21-22(13-16(15)2)27-23(26-21)18-6-8-19(9-7-18)24(29)28-25-14-17-4-10-20(30-3)11-5-17/h4-14H,1-3H3,(H,26,27)(H,28,29)/b25-14+. The highest BCUT2D eigenvalue weighted by molar-refractivity contribution is 5.95.